The normalized spacial score (nSPS) is 21.6. The number of hydrogen-bond acceptors (Lipinski definition) is 4. The Kier molecular flexibility index (Phi) is 7.30. The molecule has 6 nitrogen and oxygen atoms in total. The van der Waals surface area contributed by atoms with E-state index in [0.29, 0.717) is 31.0 Å². The molecule has 1 aromatic rings. The third-order valence-corrected chi connectivity index (χ3v) is 7.53. The van der Waals surface area contributed by atoms with Crippen LogP contribution in [0.5, 0.6) is 0 Å². The van der Waals surface area contributed by atoms with Crippen molar-refractivity contribution >= 4 is 28.3 Å². The molecular weight excluding hydrogens is 386 g/mol. The molecule has 1 amide bonds. The Morgan fingerprint density at radius 2 is 1.70 bits per heavy atom. The highest BCUT2D eigenvalue weighted by atomic mass is 35.5. The van der Waals surface area contributed by atoms with Gasteiger partial charge in [0.25, 0.3) is 0 Å². The van der Waals surface area contributed by atoms with Crippen molar-refractivity contribution in [2.45, 2.75) is 51.0 Å². The predicted octanol–water partition coefficient (Wildman–Crippen LogP) is 2.01. The zero-order valence-electron chi connectivity index (χ0n) is 16.3. The van der Waals surface area contributed by atoms with Crippen molar-refractivity contribution < 1.29 is 13.2 Å². The maximum atomic E-state index is 13.4. The van der Waals surface area contributed by atoms with Crippen LogP contribution in [0.3, 0.4) is 0 Å². The Hall–Kier alpha value is -1.15. The highest BCUT2D eigenvalue weighted by molar-refractivity contribution is 7.89. The Morgan fingerprint density at radius 1 is 1.04 bits per heavy atom. The molecule has 0 aromatic heterocycles. The van der Waals surface area contributed by atoms with Crippen LogP contribution in [0.2, 0.25) is 0 Å². The molecule has 3 rings (SSSR count). The largest absolute Gasteiger partial charge is 0.340 e. The van der Waals surface area contributed by atoms with Crippen molar-refractivity contribution in [2.24, 2.45) is 0 Å². The average molecular weight is 416 g/mol. The molecule has 2 heterocycles. The number of halogens is 1. The first kappa shape index (κ1) is 22.1. The van der Waals surface area contributed by atoms with Crippen LogP contribution in [-0.2, 0) is 14.8 Å². The van der Waals surface area contributed by atoms with Crippen molar-refractivity contribution in [1.29, 1.82) is 0 Å². The number of nitrogens with zero attached hydrogens (tertiary/aromatic N) is 2. The summed E-state index contributed by atoms with van der Waals surface area (Å²) in [5, 5.41) is 3.28. The minimum Gasteiger partial charge on any atom is -0.340 e. The summed E-state index contributed by atoms with van der Waals surface area (Å²) in [6.07, 6.45) is 2.24. The lowest BCUT2D eigenvalue weighted by Gasteiger charge is -2.29. The second-order valence-corrected chi connectivity index (χ2v) is 9.26. The summed E-state index contributed by atoms with van der Waals surface area (Å²) in [5.41, 5.74) is 2.55. The first-order chi connectivity index (χ1) is 12.3. The van der Waals surface area contributed by atoms with Crippen molar-refractivity contribution in [3.63, 3.8) is 0 Å². The Morgan fingerprint density at radius 3 is 2.37 bits per heavy atom. The first-order valence-electron chi connectivity index (χ1n) is 9.41. The lowest BCUT2D eigenvalue weighted by atomic mass is 10.1. The van der Waals surface area contributed by atoms with E-state index < -0.39 is 16.1 Å². The second kappa shape index (κ2) is 8.90. The smallest absolute Gasteiger partial charge is 0.244 e. The van der Waals surface area contributed by atoms with Crippen LogP contribution in [0.4, 0.5) is 0 Å². The van der Waals surface area contributed by atoms with Crippen LogP contribution in [0, 0.1) is 20.8 Å². The molecule has 152 valence electrons. The molecule has 0 radical (unpaired) electrons. The molecule has 8 heteroatoms. The van der Waals surface area contributed by atoms with E-state index in [4.69, 9.17) is 0 Å². The lowest BCUT2D eigenvalue weighted by molar-refractivity contribution is -0.134. The predicted molar refractivity (Wildman–Crippen MR) is 109 cm³/mol. The first-order valence-corrected chi connectivity index (χ1v) is 10.9. The maximum absolute atomic E-state index is 13.4. The Bertz CT molecular complexity index is 766. The standard InChI is InChI=1S/C19H29N3O3S.ClH/c1-14-12-15(2)18(16(3)13-14)26(24,25)22-10-4-6-17(22)19(23)21-9-5-7-20-8-11-21;/h12-13,17,20H,4-11H2,1-3H3;1H. The summed E-state index contributed by atoms with van der Waals surface area (Å²) in [6, 6.07) is 3.22. The van der Waals surface area contributed by atoms with Crippen LogP contribution in [0.25, 0.3) is 0 Å². The zero-order chi connectivity index (χ0) is 18.9. The van der Waals surface area contributed by atoms with E-state index in [1.807, 2.05) is 37.8 Å². The Balaban J connectivity index is 0.00000261. The molecule has 0 saturated carbocycles. The van der Waals surface area contributed by atoms with Gasteiger partial charge in [0.15, 0.2) is 0 Å². The number of amides is 1. The number of aryl methyl sites for hydroxylation is 3. The van der Waals surface area contributed by atoms with Crippen molar-refractivity contribution in [3.05, 3.63) is 28.8 Å². The van der Waals surface area contributed by atoms with Gasteiger partial charge in [-0.3, -0.25) is 4.79 Å². The molecule has 27 heavy (non-hydrogen) atoms. The van der Waals surface area contributed by atoms with Gasteiger partial charge in [-0.2, -0.15) is 4.31 Å². The molecular formula is C19H30ClN3O3S. The van der Waals surface area contributed by atoms with Gasteiger partial charge in [-0.05, 0) is 57.7 Å². The van der Waals surface area contributed by atoms with Gasteiger partial charge in [0.1, 0.15) is 6.04 Å². The van der Waals surface area contributed by atoms with E-state index >= 15 is 0 Å². The molecule has 0 spiro atoms. The highest BCUT2D eigenvalue weighted by Gasteiger charge is 2.42. The minimum atomic E-state index is -3.69. The lowest BCUT2D eigenvalue weighted by Crippen LogP contribution is -2.48. The summed E-state index contributed by atoms with van der Waals surface area (Å²) >= 11 is 0. The molecule has 2 aliphatic rings. The van der Waals surface area contributed by atoms with Crippen molar-refractivity contribution in [1.82, 2.24) is 14.5 Å². The molecule has 1 atom stereocenters. The quantitative estimate of drug-likeness (QED) is 0.819. The number of nitrogens with one attached hydrogen (secondary N) is 1. The molecule has 1 unspecified atom stereocenters. The monoisotopic (exact) mass is 415 g/mol. The highest BCUT2D eigenvalue weighted by Crippen LogP contribution is 2.31. The molecule has 0 aliphatic carbocycles. The molecule has 1 aromatic carbocycles. The van der Waals surface area contributed by atoms with Gasteiger partial charge in [0.2, 0.25) is 15.9 Å². The van der Waals surface area contributed by atoms with Crippen LogP contribution >= 0.6 is 12.4 Å². The third-order valence-electron chi connectivity index (χ3n) is 5.31. The minimum absolute atomic E-state index is 0. The summed E-state index contributed by atoms with van der Waals surface area (Å²) in [7, 11) is -3.69. The zero-order valence-corrected chi connectivity index (χ0v) is 18.0. The van der Waals surface area contributed by atoms with Crippen LogP contribution in [0.1, 0.15) is 36.0 Å². The van der Waals surface area contributed by atoms with Crippen LogP contribution in [-0.4, -0.2) is 62.3 Å². The van der Waals surface area contributed by atoms with Crippen molar-refractivity contribution in [3.8, 4) is 0 Å². The van der Waals surface area contributed by atoms with Gasteiger partial charge in [-0.15, -0.1) is 12.4 Å². The van der Waals surface area contributed by atoms with E-state index in [1.165, 1.54) is 4.31 Å². The SMILES string of the molecule is Cc1cc(C)c(S(=O)(=O)N2CCCC2C(=O)N2CCCNCC2)c(C)c1.Cl. The average Bonchev–Trinajstić information content (AvgIpc) is 2.89. The Labute approximate surface area is 168 Å². The fourth-order valence-electron chi connectivity index (χ4n) is 4.24. The van der Waals surface area contributed by atoms with Gasteiger partial charge in [-0.1, -0.05) is 17.7 Å². The summed E-state index contributed by atoms with van der Waals surface area (Å²) < 4.78 is 28.2. The number of hydrogen-bond donors (Lipinski definition) is 1. The molecule has 2 aliphatic heterocycles. The van der Waals surface area contributed by atoms with Gasteiger partial charge in [0, 0.05) is 26.2 Å². The van der Waals surface area contributed by atoms with Gasteiger partial charge >= 0.3 is 0 Å². The van der Waals surface area contributed by atoms with Gasteiger partial charge in [0.05, 0.1) is 4.90 Å². The van der Waals surface area contributed by atoms with Crippen LogP contribution in [0.15, 0.2) is 17.0 Å². The molecule has 2 saturated heterocycles. The van der Waals surface area contributed by atoms with E-state index in [0.717, 1.165) is 42.6 Å². The summed E-state index contributed by atoms with van der Waals surface area (Å²) in [6.45, 7) is 9.05. The van der Waals surface area contributed by atoms with Crippen molar-refractivity contribution in [2.75, 3.05) is 32.7 Å². The number of rotatable bonds is 3. The number of carbonyl (C=O) groups is 1. The molecule has 2 fully saturated rings. The van der Waals surface area contributed by atoms with E-state index in [2.05, 4.69) is 5.32 Å². The summed E-state index contributed by atoms with van der Waals surface area (Å²) in [5.74, 6) is -0.0443. The van der Waals surface area contributed by atoms with E-state index in [9.17, 15) is 13.2 Å². The maximum Gasteiger partial charge on any atom is 0.244 e. The summed E-state index contributed by atoms with van der Waals surface area (Å²) in [4.78, 5) is 15.2. The van der Waals surface area contributed by atoms with Gasteiger partial charge < -0.3 is 10.2 Å². The van der Waals surface area contributed by atoms with Gasteiger partial charge in [-0.25, -0.2) is 8.42 Å². The van der Waals surface area contributed by atoms with E-state index in [-0.39, 0.29) is 18.3 Å². The van der Waals surface area contributed by atoms with Crippen LogP contribution < -0.4 is 5.32 Å². The van der Waals surface area contributed by atoms with E-state index in [1.54, 1.807) is 0 Å². The number of carbonyl (C=O) groups excluding carboxylic acids is 1. The number of sulfonamides is 1. The fraction of sp³-hybridized carbons (Fsp3) is 0.632. The molecule has 1 N–H and O–H groups in total. The number of benzene rings is 1. The fourth-order valence-corrected chi connectivity index (χ4v) is 6.31. The topological polar surface area (TPSA) is 69.7 Å². The third kappa shape index (κ3) is 4.47. The second-order valence-electron chi connectivity index (χ2n) is 7.43. The molecule has 0 bridgehead atoms.